The molecule has 1 aromatic carbocycles. The van der Waals surface area contributed by atoms with Gasteiger partial charge in [-0.05, 0) is 37.1 Å². The number of phenols is 2. The molecular formula is C18H22O9. The van der Waals surface area contributed by atoms with E-state index in [9.17, 15) is 35.1 Å². The molecule has 4 atom stereocenters. The Bertz CT molecular complexity index is 730. The van der Waals surface area contributed by atoms with Crippen LogP contribution in [0.3, 0.4) is 0 Å². The summed E-state index contributed by atoms with van der Waals surface area (Å²) in [6, 6.07) is 3.90. The van der Waals surface area contributed by atoms with E-state index in [0.29, 0.717) is 5.56 Å². The molecule has 0 aliphatic heterocycles. The predicted molar refractivity (Wildman–Crippen MR) is 91.5 cm³/mol. The van der Waals surface area contributed by atoms with Gasteiger partial charge in [0, 0.05) is 12.5 Å². The molecule has 9 heteroatoms. The third-order valence-corrected chi connectivity index (χ3v) is 4.33. The highest BCUT2D eigenvalue weighted by Crippen LogP contribution is 2.39. The Morgan fingerprint density at radius 3 is 2.56 bits per heavy atom. The first kappa shape index (κ1) is 20.7. The number of carbonyl (C=O) groups is 2. The van der Waals surface area contributed by atoms with Gasteiger partial charge in [0.2, 0.25) is 0 Å². The molecule has 0 unspecified atom stereocenters. The van der Waals surface area contributed by atoms with Crippen molar-refractivity contribution in [3.8, 4) is 11.5 Å². The SMILES string of the molecule is CCOC(=O)CC[C@@]1(O)[C@H](O)[C@H](O)[C@@H]1OC(=O)/C=C/c1ccc(O)c(O)c1. The molecule has 1 aliphatic carbocycles. The summed E-state index contributed by atoms with van der Waals surface area (Å²) in [6.07, 6.45) is -2.65. The number of carbonyl (C=O) groups excluding carboxylic acids is 2. The molecule has 0 heterocycles. The van der Waals surface area contributed by atoms with Crippen LogP contribution in [0.25, 0.3) is 6.08 Å². The number of benzene rings is 1. The second kappa shape index (κ2) is 8.38. The summed E-state index contributed by atoms with van der Waals surface area (Å²) in [5.74, 6) is -2.17. The van der Waals surface area contributed by atoms with E-state index in [1.165, 1.54) is 24.3 Å². The van der Waals surface area contributed by atoms with Crippen LogP contribution in [0.1, 0.15) is 25.3 Å². The van der Waals surface area contributed by atoms with Crippen LogP contribution in [0.15, 0.2) is 24.3 Å². The van der Waals surface area contributed by atoms with E-state index < -0.39 is 35.9 Å². The molecule has 0 saturated heterocycles. The number of hydrogen-bond acceptors (Lipinski definition) is 9. The molecule has 1 saturated carbocycles. The maximum atomic E-state index is 11.9. The number of aliphatic hydroxyl groups excluding tert-OH is 2. The maximum absolute atomic E-state index is 11.9. The van der Waals surface area contributed by atoms with Gasteiger partial charge >= 0.3 is 11.9 Å². The molecule has 0 radical (unpaired) electrons. The van der Waals surface area contributed by atoms with Crippen molar-refractivity contribution < 1.29 is 44.6 Å². The molecule has 0 spiro atoms. The highest BCUT2D eigenvalue weighted by Gasteiger charge is 2.63. The lowest BCUT2D eigenvalue weighted by atomic mass is 9.68. The average Bonchev–Trinajstić information content (AvgIpc) is 2.64. The van der Waals surface area contributed by atoms with Crippen LogP contribution in [0.2, 0.25) is 0 Å². The monoisotopic (exact) mass is 382 g/mol. The van der Waals surface area contributed by atoms with Crippen molar-refractivity contribution in [3.05, 3.63) is 29.8 Å². The highest BCUT2D eigenvalue weighted by molar-refractivity contribution is 5.87. The van der Waals surface area contributed by atoms with Crippen LogP contribution < -0.4 is 0 Å². The quantitative estimate of drug-likeness (QED) is 0.246. The van der Waals surface area contributed by atoms with E-state index in [1.807, 2.05) is 0 Å². The number of ether oxygens (including phenoxy) is 2. The fraction of sp³-hybridized carbons (Fsp3) is 0.444. The van der Waals surface area contributed by atoms with E-state index in [1.54, 1.807) is 6.92 Å². The fourth-order valence-electron chi connectivity index (χ4n) is 2.78. The molecule has 0 aromatic heterocycles. The summed E-state index contributed by atoms with van der Waals surface area (Å²) in [6.45, 7) is 1.79. The van der Waals surface area contributed by atoms with Gasteiger partial charge in [0.1, 0.15) is 17.8 Å². The van der Waals surface area contributed by atoms with E-state index in [2.05, 4.69) is 0 Å². The average molecular weight is 382 g/mol. The Hall–Kier alpha value is -2.62. The van der Waals surface area contributed by atoms with Gasteiger partial charge in [0.15, 0.2) is 17.6 Å². The minimum atomic E-state index is -1.97. The van der Waals surface area contributed by atoms with Crippen LogP contribution in [0, 0.1) is 0 Å². The van der Waals surface area contributed by atoms with Crippen molar-refractivity contribution in [2.24, 2.45) is 0 Å². The Morgan fingerprint density at radius 2 is 1.93 bits per heavy atom. The predicted octanol–water partition coefficient (Wildman–Crippen LogP) is -0.167. The zero-order valence-electron chi connectivity index (χ0n) is 14.6. The van der Waals surface area contributed by atoms with Crippen LogP contribution in [-0.4, -0.2) is 68.0 Å². The lowest BCUT2D eigenvalue weighted by Crippen LogP contribution is -2.74. The van der Waals surface area contributed by atoms with Crippen LogP contribution in [0.5, 0.6) is 11.5 Å². The third-order valence-electron chi connectivity index (χ3n) is 4.33. The normalized spacial score (nSPS) is 27.2. The number of rotatable bonds is 7. The van der Waals surface area contributed by atoms with Crippen LogP contribution in [0.4, 0.5) is 0 Å². The summed E-state index contributed by atoms with van der Waals surface area (Å²) in [4.78, 5) is 23.4. The van der Waals surface area contributed by atoms with E-state index in [-0.39, 0.29) is 30.9 Å². The lowest BCUT2D eigenvalue weighted by molar-refractivity contribution is -0.291. The van der Waals surface area contributed by atoms with Gasteiger partial charge in [-0.15, -0.1) is 0 Å². The fourth-order valence-corrected chi connectivity index (χ4v) is 2.78. The zero-order chi connectivity index (χ0) is 20.2. The number of esters is 2. The first-order valence-electron chi connectivity index (χ1n) is 8.34. The van der Waals surface area contributed by atoms with Gasteiger partial charge in [0.05, 0.1) is 6.61 Å². The largest absolute Gasteiger partial charge is 0.504 e. The first-order chi connectivity index (χ1) is 12.7. The smallest absolute Gasteiger partial charge is 0.331 e. The summed E-state index contributed by atoms with van der Waals surface area (Å²) in [5.41, 5.74) is -1.57. The first-order valence-corrected chi connectivity index (χ1v) is 8.34. The molecule has 0 bridgehead atoms. The number of aromatic hydroxyl groups is 2. The van der Waals surface area contributed by atoms with E-state index in [4.69, 9.17) is 9.47 Å². The minimum Gasteiger partial charge on any atom is -0.504 e. The van der Waals surface area contributed by atoms with Crippen molar-refractivity contribution in [2.75, 3.05) is 6.61 Å². The molecule has 1 fully saturated rings. The van der Waals surface area contributed by atoms with E-state index in [0.717, 1.165) is 6.08 Å². The molecule has 9 nitrogen and oxygen atoms in total. The molecular weight excluding hydrogens is 360 g/mol. The Kier molecular flexibility index (Phi) is 6.42. The number of phenolic OH excluding ortho intramolecular Hbond substituents is 2. The lowest BCUT2D eigenvalue weighted by Gasteiger charge is -2.51. The van der Waals surface area contributed by atoms with Gasteiger partial charge in [-0.25, -0.2) is 4.79 Å². The molecule has 5 N–H and O–H groups in total. The van der Waals surface area contributed by atoms with Crippen molar-refractivity contribution in [2.45, 2.75) is 43.7 Å². The standard InChI is InChI=1S/C18H22O9/c1-2-26-13(21)7-8-18(25)16(24)15(23)17(18)27-14(22)6-4-10-3-5-11(19)12(20)9-10/h3-6,9,15-17,19-20,23-25H,2,7-8H2,1H3/b6-4+/t15-,16+,17-,18+/m0/s1. The molecule has 2 rings (SSSR count). The van der Waals surface area contributed by atoms with Gasteiger partial charge in [-0.1, -0.05) is 6.07 Å². The Labute approximate surface area is 155 Å². The van der Waals surface area contributed by atoms with Gasteiger partial charge < -0.3 is 35.0 Å². The van der Waals surface area contributed by atoms with Crippen molar-refractivity contribution in [3.63, 3.8) is 0 Å². The summed E-state index contributed by atoms with van der Waals surface area (Å²) in [5, 5.41) is 48.7. The van der Waals surface area contributed by atoms with Gasteiger partial charge in [-0.2, -0.15) is 0 Å². The third kappa shape index (κ3) is 4.57. The molecule has 0 amide bonds. The Balaban J connectivity index is 1.98. The zero-order valence-corrected chi connectivity index (χ0v) is 14.6. The Morgan fingerprint density at radius 1 is 1.22 bits per heavy atom. The highest BCUT2D eigenvalue weighted by atomic mass is 16.6. The van der Waals surface area contributed by atoms with Crippen LogP contribution in [-0.2, 0) is 19.1 Å². The molecule has 1 aromatic rings. The maximum Gasteiger partial charge on any atom is 0.331 e. The van der Waals surface area contributed by atoms with Crippen molar-refractivity contribution in [1.29, 1.82) is 0 Å². The topological polar surface area (TPSA) is 154 Å². The summed E-state index contributed by atoms with van der Waals surface area (Å²) >= 11 is 0. The van der Waals surface area contributed by atoms with E-state index >= 15 is 0 Å². The van der Waals surface area contributed by atoms with Gasteiger partial charge in [0.25, 0.3) is 0 Å². The number of aliphatic hydroxyl groups is 3. The molecule has 148 valence electrons. The molecule has 1 aliphatic rings. The van der Waals surface area contributed by atoms with Crippen molar-refractivity contribution >= 4 is 18.0 Å². The summed E-state index contributed by atoms with van der Waals surface area (Å²) < 4.78 is 9.74. The second-order valence-corrected chi connectivity index (χ2v) is 6.17. The minimum absolute atomic E-state index is 0.165. The molecule has 27 heavy (non-hydrogen) atoms. The number of hydrogen-bond donors (Lipinski definition) is 5. The second-order valence-electron chi connectivity index (χ2n) is 6.17. The van der Waals surface area contributed by atoms with Crippen LogP contribution >= 0.6 is 0 Å². The van der Waals surface area contributed by atoms with Gasteiger partial charge in [-0.3, -0.25) is 4.79 Å². The van der Waals surface area contributed by atoms with Crippen molar-refractivity contribution in [1.82, 2.24) is 0 Å². The summed E-state index contributed by atoms with van der Waals surface area (Å²) in [7, 11) is 0.